The van der Waals surface area contributed by atoms with E-state index >= 15 is 0 Å². The van der Waals surface area contributed by atoms with Gasteiger partial charge in [-0.15, -0.1) is 0 Å². The fourth-order valence-electron chi connectivity index (χ4n) is 4.96. The maximum absolute atomic E-state index is 5.46. The number of likely N-dealkylation sites (tertiary alicyclic amines) is 2. The van der Waals surface area contributed by atoms with Crippen LogP contribution >= 0.6 is 0 Å². The van der Waals surface area contributed by atoms with E-state index in [1.807, 2.05) is 13.8 Å². The number of rotatable bonds is 0. The van der Waals surface area contributed by atoms with Gasteiger partial charge in [0.1, 0.15) is 0 Å². The minimum Gasteiger partial charge on any atom is -0.381 e. The van der Waals surface area contributed by atoms with Crippen molar-refractivity contribution in [3.63, 3.8) is 0 Å². The lowest BCUT2D eigenvalue weighted by molar-refractivity contribution is -0.0261. The lowest BCUT2D eigenvalue weighted by Gasteiger charge is -2.42. The summed E-state index contributed by atoms with van der Waals surface area (Å²) < 4.78 is 5.46. The predicted octanol–water partition coefficient (Wildman–Crippen LogP) is 2.83. The number of piperidine rings is 3. The number of fused-ring (bicyclic) bond motifs is 2. The van der Waals surface area contributed by atoms with Gasteiger partial charge in [-0.25, -0.2) is 0 Å². The molecule has 0 aromatic heterocycles. The fourth-order valence-corrected chi connectivity index (χ4v) is 4.96. The number of nitrogens with one attached hydrogen (secondary N) is 1. The summed E-state index contributed by atoms with van der Waals surface area (Å²) >= 11 is 0. The number of hydrogen-bond donors (Lipinski definition) is 1. The maximum atomic E-state index is 5.46. The molecule has 0 aromatic rings. The molecule has 4 fully saturated rings. The van der Waals surface area contributed by atoms with Crippen molar-refractivity contribution in [1.29, 1.82) is 0 Å². The molecular weight excluding hydrogens is 298 g/mol. The molecule has 1 N–H and O–H groups in total. The topological polar surface area (TPSA) is 27.7 Å². The van der Waals surface area contributed by atoms with Gasteiger partial charge in [0, 0.05) is 18.7 Å². The highest BCUT2D eigenvalue weighted by atomic mass is 16.5. The SMILES string of the molecule is CC.CN1CCCC2CNCCC21.CN1CCCC2COCCC21. The van der Waals surface area contributed by atoms with Crippen molar-refractivity contribution in [2.75, 3.05) is 53.5 Å². The van der Waals surface area contributed by atoms with Crippen LogP contribution in [0.1, 0.15) is 52.4 Å². The summed E-state index contributed by atoms with van der Waals surface area (Å²) in [5, 5.41) is 3.48. The van der Waals surface area contributed by atoms with Crippen LogP contribution in [0.3, 0.4) is 0 Å². The molecule has 4 aliphatic heterocycles. The van der Waals surface area contributed by atoms with Crippen LogP contribution in [0.4, 0.5) is 0 Å². The molecule has 4 rings (SSSR count). The van der Waals surface area contributed by atoms with Crippen LogP contribution in [0.25, 0.3) is 0 Å². The Hall–Kier alpha value is -0.160. The molecule has 0 aliphatic carbocycles. The molecule has 0 bridgehead atoms. The molecule has 4 saturated heterocycles. The largest absolute Gasteiger partial charge is 0.381 e. The monoisotopic (exact) mass is 339 g/mol. The maximum Gasteiger partial charge on any atom is 0.0509 e. The first-order valence-electron chi connectivity index (χ1n) is 10.4. The van der Waals surface area contributed by atoms with Crippen LogP contribution in [0.5, 0.6) is 0 Å². The Bertz CT molecular complexity index is 303. The Morgan fingerprint density at radius 1 is 0.833 bits per heavy atom. The zero-order chi connectivity index (χ0) is 17.4. The van der Waals surface area contributed by atoms with Crippen molar-refractivity contribution in [3.05, 3.63) is 0 Å². The molecule has 0 aromatic carbocycles. The standard InChI is InChI=1S/C9H18N2.C9H17NO.C2H6/c1-11-6-2-3-8-7-10-5-4-9(8)11;1-10-5-2-3-8-7-11-6-4-9(8)10;1-2/h8-10H,2-7H2,1H3;8-9H,2-7H2,1H3;1-2H3. The predicted molar refractivity (Wildman–Crippen MR) is 103 cm³/mol. The molecule has 4 nitrogen and oxygen atoms in total. The molecule has 0 spiro atoms. The molecule has 0 amide bonds. The Balaban J connectivity index is 0.000000158. The van der Waals surface area contributed by atoms with E-state index in [4.69, 9.17) is 4.74 Å². The van der Waals surface area contributed by atoms with E-state index in [9.17, 15) is 0 Å². The molecule has 4 aliphatic rings. The summed E-state index contributed by atoms with van der Waals surface area (Å²) in [6, 6.07) is 1.72. The lowest BCUT2D eigenvalue weighted by atomic mass is 9.85. The van der Waals surface area contributed by atoms with Gasteiger partial charge in [-0.3, -0.25) is 0 Å². The third-order valence-corrected chi connectivity index (χ3v) is 6.31. The van der Waals surface area contributed by atoms with Gasteiger partial charge in [0.15, 0.2) is 0 Å². The van der Waals surface area contributed by atoms with Crippen LogP contribution in [0.15, 0.2) is 0 Å². The summed E-state index contributed by atoms with van der Waals surface area (Å²) in [4.78, 5) is 5.06. The quantitative estimate of drug-likeness (QED) is 0.734. The van der Waals surface area contributed by atoms with Crippen molar-refractivity contribution in [2.24, 2.45) is 11.8 Å². The molecular formula is C20H41N3O. The van der Waals surface area contributed by atoms with Gasteiger partial charge >= 0.3 is 0 Å². The van der Waals surface area contributed by atoms with E-state index in [2.05, 4.69) is 29.2 Å². The van der Waals surface area contributed by atoms with E-state index in [0.717, 1.165) is 37.1 Å². The second kappa shape index (κ2) is 10.7. The summed E-state index contributed by atoms with van der Waals surface area (Å²) in [5.74, 6) is 1.78. The van der Waals surface area contributed by atoms with Crippen LogP contribution in [0, 0.1) is 11.8 Å². The average Bonchev–Trinajstić information content (AvgIpc) is 2.65. The Kier molecular flexibility index (Phi) is 9.02. The van der Waals surface area contributed by atoms with E-state index < -0.39 is 0 Å². The van der Waals surface area contributed by atoms with Crippen molar-refractivity contribution in [1.82, 2.24) is 15.1 Å². The van der Waals surface area contributed by atoms with E-state index in [1.165, 1.54) is 64.7 Å². The second-order valence-electron chi connectivity index (χ2n) is 7.76. The number of ether oxygens (including phenoxy) is 1. The highest BCUT2D eigenvalue weighted by Gasteiger charge is 2.31. The molecule has 4 atom stereocenters. The van der Waals surface area contributed by atoms with Crippen molar-refractivity contribution < 1.29 is 4.74 Å². The minimum atomic E-state index is 0.831. The van der Waals surface area contributed by atoms with Crippen LogP contribution in [-0.4, -0.2) is 75.4 Å². The number of hydrogen-bond acceptors (Lipinski definition) is 4. The summed E-state index contributed by atoms with van der Waals surface area (Å²) in [7, 11) is 4.53. The molecule has 4 heterocycles. The summed E-state index contributed by atoms with van der Waals surface area (Å²) in [6.07, 6.45) is 8.21. The van der Waals surface area contributed by atoms with Crippen molar-refractivity contribution in [3.8, 4) is 0 Å². The zero-order valence-corrected chi connectivity index (χ0v) is 16.6. The Labute approximate surface area is 150 Å². The molecule has 0 radical (unpaired) electrons. The van der Waals surface area contributed by atoms with Crippen molar-refractivity contribution >= 4 is 0 Å². The highest BCUT2D eigenvalue weighted by Crippen LogP contribution is 2.28. The van der Waals surface area contributed by atoms with E-state index in [0.29, 0.717) is 0 Å². The Morgan fingerprint density at radius 3 is 2.08 bits per heavy atom. The van der Waals surface area contributed by atoms with Gasteiger partial charge in [-0.2, -0.15) is 0 Å². The highest BCUT2D eigenvalue weighted by molar-refractivity contribution is 4.87. The van der Waals surface area contributed by atoms with Gasteiger partial charge in [0.2, 0.25) is 0 Å². The average molecular weight is 340 g/mol. The van der Waals surface area contributed by atoms with Gasteiger partial charge in [0.05, 0.1) is 6.61 Å². The molecule has 4 unspecified atom stereocenters. The first-order valence-corrected chi connectivity index (χ1v) is 10.4. The number of nitrogens with zero attached hydrogens (tertiary/aromatic N) is 2. The van der Waals surface area contributed by atoms with Crippen LogP contribution in [-0.2, 0) is 4.74 Å². The molecule has 142 valence electrons. The normalized spacial score (nSPS) is 37.0. The smallest absolute Gasteiger partial charge is 0.0509 e. The van der Waals surface area contributed by atoms with Gasteiger partial charge in [0.25, 0.3) is 0 Å². The third-order valence-electron chi connectivity index (χ3n) is 6.31. The Morgan fingerprint density at radius 2 is 1.46 bits per heavy atom. The van der Waals surface area contributed by atoms with E-state index in [-0.39, 0.29) is 0 Å². The van der Waals surface area contributed by atoms with Gasteiger partial charge < -0.3 is 19.9 Å². The van der Waals surface area contributed by atoms with Gasteiger partial charge in [-0.05, 0) is 90.6 Å². The fraction of sp³-hybridized carbons (Fsp3) is 1.00. The van der Waals surface area contributed by atoms with Gasteiger partial charge in [-0.1, -0.05) is 13.8 Å². The summed E-state index contributed by atoms with van der Waals surface area (Å²) in [6.45, 7) is 11.1. The minimum absolute atomic E-state index is 0.831. The van der Waals surface area contributed by atoms with Crippen molar-refractivity contribution in [2.45, 2.75) is 64.5 Å². The van der Waals surface area contributed by atoms with E-state index in [1.54, 1.807) is 0 Å². The second-order valence-corrected chi connectivity index (χ2v) is 7.76. The van der Waals surface area contributed by atoms with Crippen LogP contribution < -0.4 is 5.32 Å². The zero-order valence-electron chi connectivity index (χ0n) is 16.6. The molecule has 24 heavy (non-hydrogen) atoms. The molecule has 0 saturated carbocycles. The third kappa shape index (κ3) is 5.42. The first kappa shape index (κ1) is 20.2. The summed E-state index contributed by atoms with van der Waals surface area (Å²) in [5.41, 5.74) is 0. The lowest BCUT2D eigenvalue weighted by Crippen LogP contribution is -2.51. The first-order chi connectivity index (χ1) is 11.8. The molecule has 4 heteroatoms. The van der Waals surface area contributed by atoms with Crippen LogP contribution in [0.2, 0.25) is 0 Å².